The molecule has 2 heterocycles. The number of hydrogen-bond donors (Lipinski definition) is 0. The van der Waals surface area contributed by atoms with Crippen molar-refractivity contribution in [2.45, 2.75) is 112 Å². The highest BCUT2D eigenvalue weighted by Crippen LogP contribution is 2.41. The first-order valence-corrected chi connectivity index (χ1v) is 17.0. The molecule has 0 aliphatic carbocycles. The molecule has 2 aromatic rings. The highest BCUT2D eigenvalue weighted by molar-refractivity contribution is 7.96. The van der Waals surface area contributed by atoms with Gasteiger partial charge in [-0.25, -0.2) is 16.8 Å². The lowest BCUT2D eigenvalue weighted by atomic mass is 9.99. The van der Waals surface area contributed by atoms with Crippen molar-refractivity contribution in [2.75, 3.05) is 0 Å². The molecule has 4 rings (SSSR count). The molecular weight excluding hydrogens is 548 g/mol. The minimum atomic E-state index is -4.30. The first-order valence-electron chi connectivity index (χ1n) is 13.9. The van der Waals surface area contributed by atoms with E-state index < -0.39 is 42.3 Å². The van der Waals surface area contributed by atoms with Crippen LogP contribution < -0.4 is 0 Å². The van der Waals surface area contributed by atoms with E-state index in [0.717, 1.165) is 11.1 Å². The van der Waals surface area contributed by atoms with E-state index in [1.165, 1.54) is 24.3 Å². The molecule has 2 amide bonds. The van der Waals surface area contributed by atoms with Crippen molar-refractivity contribution in [3.8, 4) is 0 Å². The molecule has 0 bridgehead atoms. The van der Waals surface area contributed by atoms with Crippen molar-refractivity contribution in [1.82, 2.24) is 9.80 Å². The van der Waals surface area contributed by atoms with Crippen LogP contribution in [0.3, 0.4) is 0 Å². The highest BCUT2D eigenvalue weighted by Gasteiger charge is 2.57. The van der Waals surface area contributed by atoms with Gasteiger partial charge in [0, 0.05) is 24.9 Å². The summed E-state index contributed by atoms with van der Waals surface area (Å²) in [6.07, 6.45) is 0.708. The molecule has 0 saturated carbocycles. The highest BCUT2D eigenvalue weighted by atomic mass is 32.2. The Morgan fingerprint density at radius 2 is 0.900 bits per heavy atom. The molecule has 218 valence electrons. The van der Waals surface area contributed by atoms with Gasteiger partial charge in [-0.1, -0.05) is 35.4 Å². The first kappa shape index (κ1) is 30.2. The monoisotopic (exact) mass is 588 g/mol. The summed E-state index contributed by atoms with van der Waals surface area (Å²) in [6, 6.07) is 10.4. The molecule has 2 saturated heterocycles. The van der Waals surface area contributed by atoms with Crippen LogP contribution in [0.5, 0.6) is 0 Å². The maximum Gasteiger partial charge on any atom is 0.223 e. The minimum absolute atomic E-state index is 0.00989. The van der Waals surface area contributed by atoms with Gasteiger partial charge < -0.3 is 9.80 Å². The summed E-state index contributed by atoms with van der Waals surface area (Å²) >= 11 is 0. The minimum Gasteiger partial charge on any atom is -0.336 e. The van der Waals surface area contributed by atoms with Gasteiger partial charge in [0.25, 0.3) is 0 Å². The molecule has 2 aliphatic heterocycles. The van der Waals surface area contributed by atoms with Crippen LogP contribution in [0, 0.1) is 13.8 Å². The Hall–Kier alpha value is -2.72. The van der Waals surface area contributed by atoms with Crippen molar-refractivity contribution in [1.29, 1.82) is 0 Å². The Balaban J connectivity index is 2.03. The molecule has 2 fully saturated rings. The predicted molar refractivity (Wildman–Crippen MR) is 154 cm³/mol. The van der Waals surface area contributed by atoms with E-state index in [1.807, 2.05) is 41.5 Å². The van der Waals surface area contributed by atoms with Gasteiger partial charge in [-0.05, 0) is 78.6 Å². The zero-order valence-electron chi connectivity index (χ0n) is 24.1. The summed E-state index contributed by atoms with van der Waals surface area (Å²) in [6.45, 7) is 11.0. The van der Waals surface area contributed by atoms with Crippen molar-refractivity contribution >= 4 is 31.5 Å². The smallest absolute Gasteiger partial charge is 0.223 e. The van der Waals surface area contributed by atoms with Gasteiger partial charge in [-0.2, -0.15) is 0 Å². The van der Waals surface area contributed by atoms with Gasteiger partial charge >= 0.3 is 0 Å². The van der Waals surface area contributed by atoms with Crippen LogP contribution >= 0.6 is 0 Å². The van der Waals surface area contributed by atoms with E-state index in [4.69, 9.17) is 0 Å². The Kier molecular flexibility index (Phi) is 8.53. The number of carbonyl (C=O) groups excluding carboxylic acids is 2. The molecule has 2 aromatic carbocycles. The predicted octanol–water partition coefficient (Wildman–Crippen LogP) is 4.09. The van der Waals surface area contributed by atoms with Gasteiger partial charge in [-0.3, -0.25) is 9.59 Å². The number of amides is 2. The van der Waals surface area contributed by atoms with Crippen molar-refractivity contribution in [3.05, 3.63) is 59.7 Å². The fourth-order valence-corrected chi connectivity index (χ4v) is 11.4. The van der Waals surface area contributed by atoms with Gasteiger partial charge in [0.15, 0.2) is 19.7 Å². The second-order valence-electron chi connectivity index (χ2n) is 11.6. The Morgan fingerprint density at radius 1 is 0.600 bits per heavy atom. The van der Waals surface area contributed by atoms with Crippen LogP contribution in [0.4, 0.5) is 0 Å². The maximum atomic E-state index is 14.7. The van der Waals surface area contributed by atoms with E-state index in [-0.39, 0.29) is 59.4 Å². The molecule has 40 heavy (non-hydrogen) atoms. The normalized spacial score (nSPS) is 22.0. The molecule has 4 atom stereocenters. The summed E-state index contributed by atoms with van der Waals surface area (Å²) in [4.78, 5) is 29.3. The van der Waals surface area contributed by atoms with Crippen LogP contribution in [0.2, 0.25) is 0 Å². The Labute approximate surface area is 238 Å². The SMILES string of the molecule is Cc1ccc(S(=O)(=O)[C@H](C2CCC(=O)N2C(C)C)[C@H](C2CCC(=O)N2C(C)C)S(=O)(=O)c2ccc(C)cc2)cc1. The lowest BCUT2D eigenvalue weighted by Crippen LogP contribution is -2.61. The molecular formula is C30H40N2O6S2. The van der Waals surface area contributed by atoms with Crippen molar-refractivity contribution < 1.29 is 26.4 Å². The third-order valence-electron chi connectivity index (χ3n) is 8.21. The van der Waals surface area contributed by atoms with Gasteiger partial charge in [-0.15, -0.1) is 0 Å². The topological polar surface area (TPSA) is 109 Å². The number of benzene rings is 2. The molecule has 8 nitrogen and oxygen atoms in total. The van der Waals surface area contributed by atoms with E-state index in [0.29, 0.717) is 0 Å². The molecule has 0 radical (unpaired) electrons. The number of sulfone groups is 2. The number of carbonyl (C=O) groups is 2. The summed E-state index contributed by atoms with van der Waals surface area (Å²) in [5, 5.41) is -2.96. The van der Waals surface area contributed by atoms with Crippen LogP contribution in [-0.4, -0.2) is 73.1 Å². The summed E-state index contributed by atoms with van der Waals surface area (Å²) in [7, 11) is -8.61. The van der Waals surface area contributed by atoms with Gasteiger partial charge in [0.2, 0.25) is 11.8 Å². The zero-order chi connectivity index (χ0) is 29.6. The second kappa shape index (κ2) is 11.3. The van der Waals surface area contributed by atoms with Crippen LogP contribution in [-0.2, 0) is 29.3 Å². The zero-order valence-corrected chi connectivity index (χ0v) is 25.7. The summed E-state index contributed by atoms with van der Waals surface area (Å²) in [5.41, 5.74) is 1.73. The standard InChI is InChI=1S/C30H40N2O6S2/c1-19(2)31-25(15-17-27(31)33)29(39(35,36)23-11-7-21(5)8-12-23)30(26-16-18-28(34)32(26)20(3)4)40(37,38)24-13-9-22(6)10-14-24/h7-14,19-20,25-26,29-30H,15-18H2,1-6H3/t25?,26?,29-,30+. The van der Waals surface area contributed by atoms with E-state index in [2.05, 4.69) is 0 Å². The van der Waals surface area contributed by atoms with Crippen molar-refractivity contribution in [3.63, 3.8) is 0 Å². The third-order valence-corrected chi connectivity index (χ3v) is 12.9. The molecule has 0 aromatic heterocycles. The number of nitrogens with zero attached hydrogens (tertiary/aromatic N) is 2. The van der Waals surface area contributed by atoms with Gasteiger partial charge in [0.05, 0.1) is 21.9 Å². The molecule has 2 unspecified atom stereocenters. The summed E-state index contributed by atoms with van der Waals surface area (Å²) < 4.78 is 58.8. The third kappa shape index (κ3) is 5.44. The fraction of sp³-hybridized carbons (Fsp3) is 0.533. The Bertz CT molecular complexity index is 1350. The van der Waals surface area contributed by atoms with Crippen LogP contribution in [0.1, 0.15) is 64.5 Å². The summed E-state index contributed by atoms with van der Waals surface area (Å²) in [5.74, 6) is -0.391. The molecule has 2 aliphatic rings. The lowest BCUT2D eigenvalue weighted by Gasteiger charge is -2.42. The average molecular weight is 589 g/mol. The van der Waals surface area contributed by atoms with Gasteiger partial charge in [0.1, 0.15) is 10.5 Å². The molecule has 0 spiro atoms. The van der Waals surface area contributed by atoms with Crippen molar-refractivity contribution in [2.24, 2.45) is 0 Å². The number of likely N-dealkylation sites (tertiary alicyclic amines) is 2. The number of rotatable bonds is 9. The quantitative estimate of drug-likeness (QED) is 0.437. The largest absolute Gasteiger partial charge is 0.336 e. The van der Waals surface area contributed by atoms with E-state index >= 15 is 0 Å². The number of hydrogen-bond acceptors (Lipinski definition) is 6. The average Bonchev–Trinajstić information content (AvgIpc) is 3.44. The van der Waals surface area contributed by atoms with Crippen LogP contribution in [0.25, 0.3) is 0 Å². The molecule has 10 heteroatoms. The maximum absolute atomic E-state index is 14.7. The number of aryl methyl sites for hydroxylation is 2. The first-order chi connectivity index (χ1) is 18.7. The molecule has 0 N–H and O–H groups in total. The fourth-order valence-electron chi connectivity index (χ4n) is 6.41. The second-order valence-corrected chi connectivity index (χ2v) is 15.9. The van der Waals surface area contributed by atoms with E-state index in [1.54, 1.807) is 34.1 Å². The van der Waals surface area contributed by atoms with E-state index in [9.17, 15) is 26.4 Å². The lowest BCUT2D eigenvalue weighted by molar-refractivity contribution is -0.132. The Morgan fingerprint density at radius 3 is 1.18 bits per heavy atom. The van der Waals surface area contributed by atoms with Crippen LogP contribution in [0.15, 0.2) is 58.3 Å².